The molecule has 1 aliphatic rings. The Morgan fingerprint density at radius 3 is 2.33 bits per heavy atom. The number of likely N-dealkylation sites (tertiary alicyclic amines) is 1. The van der Waals surface area contributed by atoms with Gasteiger partial charge in [-0.3, -0.25) is 4.90 Å². The van der Waals surface area contributed by atoms with Crippen LogP contribution < -0.4 is 4.74 Å². The van der Waals surface area contributed by atoms with E-state index in [9.17, 15) is 20.4 Å². The standard InChI is InChI=1S/C21H27NO5/c1-2-27-19-11-15(8-9-18(19)24)12-22-16(10-14-6-4-3-5-7-14)20(25)21(26)17(22)13-23/h3-9,11,16-17,20-21,23-26H,2,10,12-13H2,1H3/t16-,17+,20-,21+/m0/s1. The molecule has 1 heterocycles. The van der Waals surface area contributed by atoms with Crippen LogP contribution in [-0.2, 0) is 13.0 Å². The molecule has 0 aliphatic carbocycles. The van der Waals surface area contributed by atoms with Gasteiger partial charge in [-0.15, -0.1) is 0 Å². The van der Waals surface area contributed by atoms with Gasteiger partial charge in [-0.25, -0.2) is 0 Å². The van der Waals surface area contributed by atoms with Crippen molar-refractivity contribution in [2.75, 3.05) is 13.2 Å². The molecule has 0 saturated carbocycles. The zero-order valence-electron chi connectivity index (χ0n) is 15.4. The molecule has 4 N–H and O–H groups in total. The van der Waals surface area contributed by atoms with E-state index < -0.39 is 18.2 Å². The van der Waals surface area contributed by atoms with Crippen molar-refractivity contribution in [2.45, 2.75) is 44.2 Å². The number of nitrogens with zero attached hydrogens (tertiary/aromatic N) is 1. The molecule has 1 aliphatic heterocycles. The van der Waals surface area contributed by atoms with Crippen LogP contribution in [0.3, 0.4) is 0 Å². The van der Waals surface area contributed by atoms with Crippen molar-refractivity contribution in [3.8, 4) is 11.5 Å². The first-order valence-corrected chi connectivity index (χ1v) is 9.26. The number of phenols is 1. The third-order valence-corrected chi connectivity index (χ3v) is 5.15. The van der Waals surface area contributed by atoms with Crippen LogP contribution in [-0.4, -0.2) is 62.8 Å². The molecule has 1 saturated heterocycles. The number of phenolic OH excluding ortho intramolecular Hbond substituents is 1. The number of aromatic hydroxyl groups is 1. The molecule has 2 aromatic carbocycles. The Kier molecular flexibility index (Phi) is 6.34. The Hall–Kier alpha value is -2.12. The van der Waals surface area contributed by atoms with Gasteiger partial charge in [0.05, 0.1) is 31.5 Å². The van der Waals surface area contributed by atoms with Gasteiger partial charge in [0.25, 0.3) is 0 Å². The first kappa shape index (κ1) is 19.6. The highest BCUT2D eigenvalue weighted by Crippen LogP contribution is 2.32. The van der Waals surface area contributed by atoms with Crippen molar-refractivity contribution in [2.24, 2.45) is 0 Å². The minimum absolute atomic E-state index is 0.0710. The summed E-state index contributed by atoms with van der Waals surface area (Å²) in [6, 6.07) is 14.0. The smallest absolute Gasteiger partial charge is 0.161 e. The maximum Gasteiger partial charge on any atom is 0.161 e. The van der Waals surface area contributed by atoms with Crippen LogP contribution in [0.5, 0.6) is 11.5 Å². The number of hydrogen-bond acceptors (Lipinski definition) is 6. The van der Waals surface area contributed by atoms with E-state index >= 15 is 0 Å². The summed E-state index contributed by atoms with van der Waals surface area (Å²) in [5.41, 5.74) is 1.92. The van der Waals surface area contributed by atoms with Crippen molar-refractivity contribution >= 4 is 0 Å². The van der Waals surface area contributed by atoms with Crippen LogP contribution >= 0.6 is 0 Å². The predicted octanol–water partition coefficient (Wildman–Crippen LogP) is 1.30. The average molecular weight is 373 g/mol. The lowest BCUT2D eigenvalue weighted by Crippen LogP contribution is -2.41. The lowest BCUT2D eigenvalue weighted by atomic mass is 10.0. The Balaban J connectivity index is 1.85. The van der Waals surface area contributed by atoms with Gasteiger partial charge in [0.1, 0.15) is 0 Å². The average Bonchev–Trinajstić information content (AvgIpc) is 2.89. The number of aliphatic hydroxyl groups is 3. The summed E-state index contributed by atoms with van der Waals surface area (Å²) in [5, 5.41) is 40.7. The number of rotatable bonds is 7. The normalized spacial score (nSPS) is 25.6. The fourth-order valence-electron chi connectivity index (χ4n) is 3.77. The monoisotopic (exact) mass is 373 g/mol. The zero-order valence-corrected chi connectivity index (χ0v) is 15.4. The molecule has 4 atom stereocenters. The minimum atomic E-state index is -1.02. The third-order valence-electron chi connectivity index (χ3n) is 5.15. The Labute approximate surface area is 159 Å². The van der Waals surface area contributed by atoms with Crippen LogP contribution in [0.1, 0.15) is 18.1 Å². The summed E-state index contributed by atoms with van der Waals surface area (Å²) in [7, 11) is 0. The summed E-state index contributed by atoms with van der Waals surface area (Å²) in [6.07, 6.45) is -1.41. The Bertz CT molecular complexity index is 739. The van der Waals surface area contributed by atoms with E-state index in [-0.39, 0.29) is 18.4 Å². The van der Waals surface area contributed by atoms with Crippen molar-refractivity contribution in [3.63, 3.8) is 0 Å². The van der Waals surface area contributed by atoms with E-state index in [1.807, 2.05) is 42.2 Å². The third kappa shape index (κ3) is 4.25. The lowest BCUT2D eigenvalue weighted by molar-refractivity contribution is 0.0178. The van der Waals surface area contributed by atoms with Crippen LogP contribution in [0.15, 0.2) is 48.5 Å². The van der Waals surface area contributed by atoms with Gasteiger partial charge in [0.2, 0.25) is 0 Å². The van der Waals surface area contributed by atoms with Gasteiger partial charge < -0.3 is 25.2 Å². The summed E-state index contributed by atoms with van der Waals surface area (Å²) >= 11 is 0. The molecule has 6 nitrogen and oxygen atoms in total. The molecule has 0 radical (unpaired) electrons. The van der Waals surface area contributed by atoms with Gasteiger partial charge in [0.15, 0.2) is 11.5 Å². The molecule has 146 valence electrons. The van der Waals surface area contributed by atoms with Gasteiger partial charge in [0, 0.05) is 12.6 Å². The molecule has 1 fully saturated rings. The SMILES string of the molecule is CCOc1cc(CN2[C@H](CO)[C@@H](O)[C@@H](O)[C@@H]2Cc2ccccc2)ccc1O. The number of aliphatic hydroxyl groups excluding tert-OH is 3. The predicted molar refractivity (Wildman–Crippen MR) is 102 cm³/mol. The van der Waals surface area contributed by atoms with Crippen molar-refractivity contribution < 1.29 is 25.2 Å². The van der Waals surface area contributed by atoms with Crippen LogP contribution in [0.2, 0.25) is 0 Å². The summed E-state index contributed by atoms with van der Waals surface area (Å²) < 4.78 is 5.44. The molecule has 0 unspecified atom stereocenters. The molecule has 0 amide bonds. The van der Waals surface area contributed by atoms with Crippen LogP contribution in [0, 0.1) is 0 Å². The zero-order chi connectivity index (χ0) is 19.4. The van der Waals surface area contributed by atoms with E-state index in [0.29, 0.717) is 25.3 Å². The van der Waals surface area contributed by atoms with E-state index in [2.05, 4.69) is 0 Å². The number of benzene rings is 2. The first-order chi connectivity index (χ1) is 13.0. The quantitative estimate of drug-likeness (QED) is 0.585. The molecular formula is C21H27NO5. The van der Waals surface area contributed by atoms with Gasteiger partial charge in [-0.2, -0.15) is 0 Å². The van der Waals surface area contributed by atoms with Gasteiger partial charge >= 0.3 is 0 Å². The van der Waals surface area contributed by atoms with E-state index in [4.69, 9.17) is 4.74 Å². The maximum atomic E-state index is 10.6. The number of ether oxygens (including phenoxy) is 1. The Morgan fingerprint density at radius 1 is 0.963 bits per heavy atom. The molecule has 0 bridgehead atoms. The number of hydrogen-bond donors (Lipinski definition) is 4. The van der Waals surface area contributed by atoms with Gasteiger partial charge in [-0.05, 0) is 36.6 Å². The van der Waals surface area contributed by atoms with Crippen molar-refractivity contribution in [1.29, 1.82) is 0 Å². The summed E-state index contributed by atoms with van der Waals surface area (Å²) in [4.78, 5) is 1.93. The molecule has 27 heavy (non-hydrogen) atoms. The molecule has 6 heteroatoms. The maximum absolute atomic E-state index is 10.6. The topological polar surface area (TPSA) is 93.4 Å². The van der Waals surface area contributed by atoms with E-state index in [1.165, 1.54) is 0 Å². The van der Waals surface area contributed by atoms with Crippen molar-refractivity contribution in [1.82, 2.24) is 4.90 Å². The Morgan fingerprint density at radius 2 is 1.67 bits per heavy atom. The van der Waals surface area contributed by atoms with Gasteiger partial charge in [-0.1, -0.05) is 36.4 Å². The largest absolute Gasteiger partial charge is 0.504 e. The van der Waals surface area contributed by atoms with E-state index in [0.717, 1.165) is 11.1 Å². The fourth-order valence-corrected chi connectivity index (χ4v) is 3.77. The molecule has 0 spiro atoms. The highest BCUT2D eigenvalue weighted by molar-refractivity contribution is 5.42. The first-order valence-electron chi connectivity index (χ1n) is 9.26. The minimum Gasteiger partial charge on any atom is -0.504 e. The second kappa shape index (κ2) is 8.71. The highest BCUT2D eigenvalue weighted by Gasteiger charge is 2.46. The van der Waals surface area contributed by atoms with E-state index in [1.54, 1.807) is 18.2 Å². The second-order valence-electron chi connectivity index (χ2n) is 6.90. The molecule has 0 aromatic heterocycles. The fraction of sp³-hybridized carbons (Fsp3) is 0.429. The summed E-state index contributed by atoms with van der Waals surface area (Å²) in [6.45, 7) is 2.45. The summed E-state index contributed by atoms with van der Waals surface area (Å²) in [5.74, 6) is 0.470. The molecular weight excluding hydrogens is 346 g/mol. The molecule has 3 rings (SSSR count). The van der Waals surface area contributed by atoms with Crippen LogP contribution in [0.25, 0.3) is 0 Å². The highest BCUT2D eigenvalue weighted by atomic mass is 16.5. The molecule has 2 aromatic rings. The second-order valence-corrected chi connectivity index (χ2v) is 6.90. The van der Waals surface area contributed by atoms with Crippen molar-refractivity contribution in [3.05, 3.63) is 59.7 Å². The van der Waals surface area contributed by atoms with Crippen LogP contribution in [0.4, 0.5) is 0 Å². The lowest BCUT2D eigenvalue weighted by Gasteiger charge is -2.30.